The van der Waals surface area contributed by atoms with Crippen LogP contribution in [0.5, 0.6) is 0 Å². The Morgan fingerprint density at radius 3 is 2.47 bits per heavy atom. The van der Waals surface area contributed by atoms with Crippen LogP contribution in [-0.4, -0.2) is 33.1 Å². The van der Waals surface area contributed by atoms with Gasteiger partial charge in [-0.05, 0) is 80.1 Å². The van der Waals surface area contributed by atoms with E-state index in [2.05, 4.69) is 5.32 Å². The van der Waals surface area contributed by atoms with Crippen LogP contribution < -0.4 is 5.32 Å². The topological polar surface area (TPSA) is 71.4 Å². The van der Waals surface area contributed by atoms with Crippen molar-refractivity contribution >= 4 is 63.8 Å². The Kier molecular flexibility index (Phi) is 6.89. The van der Waals surface area contributed by atoms with Crippen molar-refractivity contribution in [3.05, 3.63) is 86.0 Å². The lowest BCUT2D eigenvalue weighted by Crippen LogP contribution is -2.36. The van der Waals surface area contributed by atoms with Gasteiger partial charge in [-0.3, -0.25) is 19.3 Å². The fraction of sp³-hybridized carbons (Fsp3) is 0.160. The SMILES string of the molecule is Cc1ccccc1NC(=O)CN1C(=O)S/C(=C\c2cc(C)n(-c3ccc(Cl)c(Cl)c3)c2C)C1=O. The Hall–Kier alpha value is -3.00. The summed E-state index contributed by atoms with van der Waals surface area (Å²) >= 11 is 13.0. The minimum absolute atomic E-state index is 0.267. The molecule has 0 aliphatic carbocycles. The Balaban J connectivity index is 1.55. The summed E-state index contributed by atoms with van der Waals surface area (Å²) in [6.45, 7) is 5.38. The minimum Gasteiger partial charge on any atom is -0.324 e. The van der Waals surface area contributed by atoms with Gasteiger partial charge in [0.1, 0.15) is 6.54 Å². The van der Waals surface area contributed by atoms with Gasteiger partial charge in [0.05, 0.1) is 15.0 Å². The van der Waals surface area contributed by atoms with E-state index in [1.807, 2.05) is 49.6 Å². The number of carbonyl (C=O) groups excluding carboxylic acids is 3. The molecule has 6 nitrogen and oxygen atoms in total. The molecule has 1 aromatic heterocycles. The summed E-state index contributed by atoms with van der Waals surface area (Å²) in [4.78, 5) is 39.1. The van der Waals surface area contributed by atoms with Gasteiger partial charge in [0.2, 0.25) is 5.91 Å². The first-order chi connectivity index (χ1) is 16.2. The summed E-state index contributed by atoms with van der Waals surface area (Å²) < 4.78 is 1.99. The zero-order valence-corrected chi connectivity index (χ0v) is 21.0. The van der Waals surface area contributed by atoms with Crippen molar-refractivity contribution in [3.8, 4) is 5.69 Å². The highest BCUT2D eigenvalue weighted by Gasteiger charge is 2.36. The average Bonchev–Trinajstić information content (AvgIpc) is 3.21. The number of carbonyl (C=O) groups is 3. The standard InChI is InChI=1S/C25H21Cl2N3O3S/c1-14-6-4-5-7-21(14)28-23(31)13-29-24(32)22(34-25(29)33)11-17-10-15(2)30(16(17)3)18-8-9-19(26)20(27)12-18/h4-12H,13H2,1-3H3,(H,28,31)/b22-11-. The van der Waals surface area contributed by atoms with Gasteiger partial charge in [0, 0.05) is 22.8 Å². The van der Waals surface area contributed by atoms with Crippen molar-refractivity contribution < 1.29 is 14.4 Å². The van der Waals surface area contributed by atoms with Gasteiger partial charge in [-0.1, -0.05) is 41.4 Å². The molecule has 0 unspecified atom stereocenters. The quantitative estimate of drug-likeness (QED) is 0.401. The predicted octanol–water partition coefficient (Wildman–Crippen LogP) is 6.38. The van der Waals surface area contributed by atoms with Crippen LogP contribution in [0, 0.1) is 20.8 Å². The summed E-state index contributed by atoms with van der Waals surface area (Å²) in [5.74, 6) is -0.926. The Morgan fingerprint density at radius 2 is 1.76 bits per heavy atom. The summed E-state index contributed by atoms with van der Waals surface area (Å²) in [5.41, 5.74) is 4.97. The monoisotopic (exact) mass is 513 g/mol. The van der Waals surface area contributed by atoms with Crippen LogP contribution in [0.15, 0.2) is 53.4 Å². The maximum absolute atomic E-state index is 12.9. The second-order valence-corrected chi connectivity index (χ2v) is 9.70. The summed E-state index contributed by atoms with van der Waals surface area (Å²) in [6, 6.07) is 14.6. The lowest BCUT2D eigenvalue weighted by Gasteiger charge is -2.13. The number of para-hydroxylation sites is 1. The third kappa shape index (κ3) is 4.78. The number of hydrogen-bond acceptors (Lipinski definition) is 4. The van der Waals surface area contributed by atoms with Gasteiger partial charge >= 0.3 is 0 Å². The molecule has 3 amide bonds. The Morgan fingerprint density at radius 1 is 1.03 bits per heavy atom. The van der Waals surface area contributed by atoms with Crippen LogP contribution in [-0.2, 0) is 9.59 Å². The van der Waals surface area contributed by atoms with Crippen molar-refractivity contribution in [2.24, 2.45) is 0 Å². The van der Waals surface area contributed by atoms with E-state index in [-0.39, 0.29) is 11.4 Å². The molecule has 3 aromatic rings. The van der Waals surface area contributed by atoms with Gasteiger partial charge in [-0.15, -0.1) is 0 Å². The molecule has 0 bridgehead atoms. The number of aromatic nitrogens is 1. The molecule has 34 heavy (non-hydrogen) atoms. The first kappa shape index (κ1) is 24.1. The highest BCUT2D eigenvalue weighted by Crippen LogP contribution is 2.34. The number of nitrogens with zero attached hydrogens (tertiary/aromatic N) is 2. The van der Waals surface area contributed by atoms with Crippen LogP contribution in [0.1, 0.15) is 22.5 Å². The maximum Gasteiger partial charge on any atom is 0.294 e. The molecular weight excluding hydrogens is 493 g/mol. The molecule has 1 N–H and O–H groups in total. The molecule has 9 heteroatoms. The molecule has 2 aromatic carbocycles. The van der Waals surface area contributed by atoms with Crippen molar-refractivity contribution in [2.75, 3.05) is 11.9 Å². The van der Waals surface area contributed by atoms with E-state index in [1.165, 1.54) is 0 Å². The third-order valence-electron chi connectivity index (χ3n) is 5.51. The highest BCUT2D eigenvalue weighted by atomic mass is 35.5. The largest absolute Gasteiger partial charge is 0.324 e. The van der Waals surface area contributed by atoms with Crippen molar-refractivity contribution in [2.45, 2.75) is 20.8 Å². The third-order valence-corrected chi connectivity index (χ3v) is 7.16. The molecule has 0 spiro atoms. The molecule has 0 saturated carbocycles. The van der Waals surface area contributed by atoms with Crippen molar-refractivity contribution in [1.82, 2.24) is 9.47 Å². The minimum atomic E-state index is -0.491. The molecule has 1 aliphatic rings. The normalized spacial score (nSPS) is 14.9. The first-order valence-corrected chi connectivity index (χ1v) is 12.0. The Bertz CT molecular complexity index is 1360. The van der Waals surface area contributed by atoms with Gasteiger partial charge in [0.25, 0.3) is 11.1 Å². The molecule has 0 radical (unpaired) electrons. The van der Waals surface area contributed by atoms with Gasteiger partial charge < -0.3 is 9.88 Å². The summed E-state index contributed by atoms with van der Waals surface area (Å²) in [7, 11) is 0. The van der Waals surface area contributed by atoms with E-state index in [0.717, 1.165) is 44.9 Å². The van der Waals surface area contributed by atoms with Gasteiger partial charge in [-0.2, -0.15) is 0 Å². The van der Waals surface area contributed by atoms with Crippen molar-refractivity contribution in [3.63, 3.8) is 0 Å². The fourth-order valence-corrected chi connectivity index (χ4v) is 4.90. The number of benzene rings is 2. The zero-order valence-electron chi connectivity index (χ0n) is 18.7. The summed E-state index contributed by atoms with van der Waals surface area (Å²) in [6.07, 6.45) is 1.68. The number of nitrogens with one attached hydrogen (secondary N) is 1. The molecule has 2 heterocycles. The molecular formula is C25H21Cl2N3O3S. The summed E-state index contributed by atoms with van der Waals surface area (Å²) in [5, 5.41) is 3.18. The van der Waals surface area contributed by atoms with Gasteiger partial charge in [0.15, 0.2) is 0 Å². The number of hydrogen-bond donors (Lipinski definition) is 1. The highest BCUT2D eigenvalue weighted by molar-refractivity contribution is 8.18. The molecule has 0 atom stereocenters. The predicted molar refractivity (Wildman–Crippen MR) is 138 cm³/mol. The molecule has 1 aliphatic heterocycles. The number of halogens is 2. The second-order valence-electron chi connectivity index (χ2n) is 7.89. The molecule has 174 valence electrons. The van der Waals surface area contributed by atoms with Crippen LogP contribution in [0.25, 0.3) is 11.8 Å². The number of thioether (sulfide) groups is 1. The van der Waals surface area contributed by atoms with E-state index in [0.29, 0.717) is 15.7 Å². The first-order valence-electron chi connectivity index (χ1n) is 10.4. The van der Waals surface area contributed by atoms with Crippen LogP contribution >= 0.6 is 35.0 Å². The van der Waals surface area contributed by atoms with E-state index >= 15 is 0 Å². The number of anilines is 1. The fourth-order valence-electron chi connectivity index (χ4n) is 3.78. The average molecular weight is 514 g/mol. The van der Waals surface area contributed by atoms with Crippen molar-refractivity contribution in [1.29, 1.82) is 0 Å². The molecule has 4 rings (SSSR count). The smallest absolute Gasteiger partial charge is 0.294 e. The second kappa shape index (κ2) is 9.70. The van der Waals surface area contributed by atoms with Crippen LogP contribution in [0.4, 0.5) is 10.5 Å². The maximum atomic E-state index is 12.9. The zero-order chi connectivity index (χ0) is 24.6. The van der Waals surface area contributed by atoms with Crippen LogP contribution in [0.3, 0.4) is 0 Å². The lowest BCUT2D eigenvalue weighted by molar-refractivity contribution is -0.127. The molecule has 1 saturated heterocycles. The van der Waals surface area contributed by atoms with E-state index in [1.54, 1.807) is 30.3 Å². The number of amides is 3. The Labute approximate surface area is 211 Å². The van der Waals surface area contributed by atoms with Crippen LogP contribution in [0.2, 0.25) is 10.0 Å². The number of rotatable bonds is 5. The number of imide groups is 1. The van der Waals surface area contributed by atoms with Gasteiger partial charge in [-0.25, -0.2) is 0 Å². The number of aryl methyl sites for hydroxylation is 2. The van der Waals surface area contributed by atoms with E-state index < -0.39 is 17.1 Å². The lowest BCUT2D eigenvalue weighted by atomic mass is 10.2. The molecule has 1 fully saturated rings. The van der Waals surface area contributed by atoms with E-state index in [9.17, 15) is 14.4 Å². The van der Waals surface area contributed by atoms with E-state index in [4.69, 9.17) is 23.2 Å².